The van der Waals surface area contributed by atoms with E-state index in [-0.39, 0.29) is 30.7 Å². The first kappa shape index (κ1) is 13.0. The lowest BCUT2D eigenvalue weighted by Gasteiger charge is -2.32. The van der Waals surface area contributed by atoms with E-state index in [1.54, 1.807) is 0 Å². The van der Waals surface area contributed by atoms with Crippen molar-refractivity contribution in [2.45, 2.75) is 19.3 Å². The van der Waals surface area contributed by atoms with Crippen LogP contribution >= 0.6 is 0 Å². The minimum Gasteiger partial charge on any atom is -0.340 e. The zero-order valence-corrected chi connectivity index (χ0v) is 10.7. The smallest absolute Gasteiger partial charge is 0.229 e. The van der Waals surface area contributed by atoms with Crippen LogP contribution < -0.4 is 0 Å². The highest BCUT2D eigenvalue weighted by atomic mass is 16.2. The number of likely N-dealkylation sites (N-methyl/N-ethyl adjacent to an activating group) is 1. The molecule has 0 aliphatic carbocycles. The highest BCUT2D eigenvalue weighted by Crippen LogP contribution is 2.12. The molecule has 0 aromatic heterocycles. The Balaban J connectivity index is 1.78. The largest absolute Gasteiger partial charge is 0.340 e. The second-order valence-electron chi connectivity index (χ2n) is 4.87. The molecule has 0 radical (unpaired) electrons. The lowest BCUT2D eigenvalue weighted by molar-refractivity contribution is -0.139. The molecule has 2 aliphatic rings. The lowest BCUT2D eigenvalue weighted by Crippen LogP contribution is -2.47. The summed E-state index contributed by atoms with van der Waals surface area (Å²) in [5, 5.41) is 0. The van der Waals surface area contributed by atoms with Gasteiger partial charge in [-0.25, -0.2) is 0 Å². The summed E-state index contributed by atoms with van der Waals surface area (Å²) in [4.78, 5) is 39.9. The molecule has 0 saturated carbocycles. The summed E-state index contributed by atoms with van der Waals surface area (Å²) in [5.41, 5.74) is 0. The SMILES string of the molecule is CN1CCN(C(=O)CCN2C(=O)CCC2=O)CC1. The molecule has 0 unspecified atom stereocenters. The van der Waals surface area contributed by atoms with Crippen LogP contribution in [0.3, 0.4) is 0 Å². The van der Waals surface area contributed by atoms with Crippen LogP contribution in [-0.4, -0.2) is 72.2 Å². The summed E-state index contributed by atoms with van der Waals surface area (Å²) in [7, 11) is 2.03. The Hall–Kier alpha value is -1.43. The van der Waals surface area contributed by atoms with Gasteiger partial charge in [-0.2, -0.15) is 0 Å². The third kappa shape index (κ3) is 2.87. The van der Waals surface area contributed by atoms with Gasteiger partial charge in [-0.3, -0.25) is 19.3 Å². The molecule has 0 atom stereocenters. The highest BCUT2D eigenvalue weighted by molar-refractivity contribution is 6.02. The van der Waals surface area contributed by atoms with Crippen molar-refractivity contribution in [1.29, 1.82) is 0 Å². The van der Waals surface area contributed by atoms with Crippen LogP contribution in [0.2, 0.25) is 0 Å². The number of imide groups is 1. The van der Waals surface area contributed by atoms with Gasteiger partial charge in [0.15, 0.2) is 0 Å². The Labute approximate surface area is 107 Å². The Morgan fingerprint density at radius 2 is 1.61 bits per heavy atom. The number of hydrogen-bond acceptors (Lipinski definition) is 4. The minimum atomic E-state index is -0.147. The normalized spacial score (nSPS) is 21.8. The van der Waals surface area contributed by atoms with Crippen LogP contribution in [0.4, 0.5) is 0 Å². The summed E-state index contributed by atoms with van der Waals surface area (Å²) in [5.74, 6) is -0.257. The summed E-state index contributed by atoms with van der Waals surface area (Å²) in [6.07, 6.45) is 0.838. The molecule has 18 heavy (non-hydrogen) atoms. The molecule has 0 spiro atoms. The van der Waals surface area contributed by atoms with Gasteiger partial charge < -0.3 is 9.80 Å². The van der Waals surface area contributed by atoms with Crippen molar-refractivity contribution in [3.05, 3.63) is 0 Å². The predicted molar refractivity (Wildman–Crippen MR) is 64.6 cm³/mol. The van der Waals surface area contributed by atoms with Gasteiger partial charge in [-0.05, 0) is 7.05 Å². The van der Waals surface area contributed by atoms with Crippen LogP contribution in [0.1, 0.15) is 19.3 Å². The number of nitrogens with zero attached hydrogens (tertiary/aromatic N) is 3. The molecular formula is C12H19N3O3. The molecule has 3 amide bonds. The maximum Gasteiger partial charge on any atom is 0.229 e. The Morgan fingerprint density at radius 1 is 1.06 bits per heavy atom. The van der Waals surface area contributed by atoms with Crippen molar-refractivity contribution in [1.82, 2.24) is 14.7 Å². The number of piperazine rings is 1. The van der Waals surface area contributed by atoms with Gasteiger partial charge in [-0.15, -0.1) is 0 Å². The molecule has 2 saturated heterocycles. The molecular weight excluding hydrogens is 234 g/mol. The summed E-state index contributed by atoms with van der Waals surface area (Å²) in [6, 6.07) is 0. The molecule has 2 heterocycles. The van der Waals surface area contributed by atoms with E-state index < -0.39 is 0 Å². The number of likely N-dealkylation sites (tertiary alicyclic amines) is 1. The fraction of sp³-hybridized carbons (Fsp3) is 0.750. The number of amides is 3. The maximum absolute atomic E-state index is 11.9. The number of hydrogen-bond donors (Lipinski definition) is 0. The molecule has 0 N–H and O–H groups in total. The van der Waals surface area contributed by atoms with Gasteiger partial charge in [0.05, 0.1) is 0 Å². The molecule has 2 rings (SSSR count). The Kier molecular flexibility index (Phi) is 3.96. The average molecular weight is 253 g/mol. The zero-order chi connectivity index (χ0) is 13.1. The van der Waals surface area contributed by atoms with Crippen LogP contribution in [0.25, 0.3) is 0 Å². The Bertz CT molecular complexity index is 346. The van der Waals surface area contributed by atoms with Gasteiger partial charge in [0.25, 0.3) is 0 Å². The van der Waals surface area contributed by atoms with Gasteiger partial charge in [0, 0.05) is 52.0 Å². The summed E-state index contributed by atoms with van der Waals surface area (Å²) >= 11 is 0. The monoisotopic (exact) mass is 253 g/mol. The van der Waals surface area contributed by atoms with E-state index in [9.17, 15) is 14.4 Å². The number of carbonyl (C=O) groups excluding carboxylic acids is 3. The zero-order valence-electron chi connectivity index (χ0n) is 10.7. The molecule has 6 nitrogen and oxygen atoms in total. The molecule has 100 valence electrons. The highest BCUT2D eigenvalue weighted by Gasteiger charge is 2.29. The van der Waals surface area contributed by atoms with E-state index >= 15 is 0 Å². The van der Waals surface area contributed by atoms with Crippen molar-refractivity contribution in [3.63, 3.8) is 0 Å². The van der Waals surface area contributed by atoms with E-state index in [1.807, 2.05) is 11.9 Å². The number of carbonyl (C=O) groups is 3. The summed E-state index contributed by atoms with van der Waals surface area (Å²) in [6.45, 7) is 3.47. The first-order chi connectivity index (χ1) is 8.58. The number of rotatable bonds is 3. The second-order valence-corrected chi connectivity index (χ2v) is 4.87. The molecule has 0 bridgehead atoms. The minimum absolute atomic E-state index is 0.0376. The van der Waals surface area contributed by atoms with E-state index in [0.29, 0.717) is 12.8 Å². The molecule has 2 fully saturated rings. The first-order valence-corrected chi connectivity index (χ1v) is 6.37. The standard InChI is InChI=1S/C12H19N3O3/c1-13-6-8-14(9-7-13)10(16)4-5-15-11(17)2-3-12(15)18/h2-9H2,1H3. The second kappa shape index (κ2) is 5.48. The van der Waals surface area contributed by atoms with Crippen LogP contribution in [0.15, 0.2) is 0 Å². The maximum atomic E-state index is 11.9. The van der Waals surface area contributed by atoms with E-state index in [0.717, 1.165) is 26.2 Å². The van der Waals surface area contributed by atoms with Crippen molar-refractivity contribution in [2.75, 3.05) is 39.8 Å². The van der Waals surface area contributed by atoms with Crippen molar-refractivity contribution in [2.24, 2.45) is 0 Å². The third-order valence-corrected chi connectivity index (χ3v) is 3.56. The molecule has 2 aliphatic heterocycles. The van der Waals surface area contributed by atoms with E-state index in [4.69, 9.17) is 0 Å². The van der Waals surface area contributed by atoms with E-state index in [2.05, 4.69) is 4.90 Å². The van der Waals surface area contributed by atoms with Crippen LogP contribution in [0, 0.1) is 0 Å². The van der Waals surface area contributed by atoms with Crippen LogP contribution in [-0.2, 0) is 14.4 Å². The Morgan fingerprint density at radius 3 is 2.17 bits per heavy atom. The van der Waals surface area contributed by atoms with Crippen molar-refractivity contribution < 1.29 is 14.4 Å². The van der Waals surface area contributed by atoms with Gasteiger partial charge in [-0.1, -0.05) is 0 Å². The quantitative estimate of drug-likeness (QED) is 0.624. The van der Waals surface area contributed by atoms with E-state index in [1.165, 1.54) is 4.90 Å². The fourth-order valence-electron chi connectivity index (χ4n) is 2.29. The first-order valence-electron chi connectivity index (χ1n) is 6.37. The van der Waals surface area contributed by atoms with Crippen molar-refractivity contribution in [3.8, 4) is 0 Å². The third-order valence-electron chi connectivity index (χ3n) is 3.56. The van der Waals surface area contributed by atoms with Crippen molar-refractivity contribution >= 4 is 17.7 Å². The molecule has 0 aromatic rings. The van der Waals surface area contributed by atoms with Crippen LogP contribution in [0.5, 0.6) is 0 Å². The summed E-state index contributed by atoms with van der Waals surface area (Å²) < 4.78 is 0. The average Bonchev–Trinajstić information content (AvgIpc) is 2.67. The fourth-order valence-corrected chi connectivity index (χ4v) is 2.29. The molecule has 6 heteroatoms. The predicted octanol–water partition coefficient (Wildman–Crippen LogP) is -0.700. The topological polar surface area (TPSA) is 60.9 Å². The lowest BCUT2D eigenvalue weighted by atomic mass is 10.3. The van der Waals surface area contributed by atoms with Gasteiger partial charge in [0.2, 0.25) is 17.7 Å². The molecule has 0 aromatic carbocycles. The van der Waals surface area contributed by atoms with Gasteiger partial charge >= 0.3 is 0 Å². The van der Waals surface area contributed by atoms with Gasteiger partial charge in [0.1, 0.15) is 0 Å².